The third-order valence-electron chi connectivity index (χ3n) is 5.98. The predicted octanol–water partition coefficient (Wildman–Crippen LogP) is 6.02. The molecule has 0 aromatic heterocycles. The second kappa shape index (κ2) is 8.13. The van der Waals surface area contributed by atoms with Crippen LogP contribution in [-0.4, -0.2) is 5.78 Å². The van der Waals surface area contributed by atoms with Crippen LogP contribution in [0.4, 0.5) is 0 Å². The van der Waals surface area contributed by atoms with E-state index < -0.39 is 0 Å². The van der Waals surface area contributed by atoms with Crippen LogP contribution in [0.15, 0.2) is 24.3 Å². The molecule has 1 fully saturated rings. The molecule has 0 N–H and O–H groups in total. The number of rotatable bonds is 6. The van der Waals surface area contributed by atoms with Gasteiger partial charge in [0.25, 0.3) is 0 Å². The van der Waals surface area contributed by atoms with Gasteiger partial charge in [-0.25, -0.2) is 0 Å². The summed E-state index contributed by atoms with van der Waals surface area (Å²) in [6.07, 6.45) is 5.38. The zero-order chi connectivity index (χ0) is 17.0. The van der Waals surface area contributed by atoms with Crippen LogP contribution >= 0.6 is 0 Å². The Labute approximate surface area is 142 Å². The summed E-state index contributed by atoms with van der Waals surface area (Å²) in [7, 11) is 0. The highest BCUT2D eigenvalue weighted by Gasteiger charge is 2.34. The number of Topliss-reactive ketones (excluding diaryl/α,β-unsaturated/α-hetero) is 1. The maximum absolute atomic E-state index is 12.9. The van der Waals surface area contributed by atoms with E-state index in [1.807, 2.05) is 0 Å². The van der Waals surface area contributed by atoms with Crippen LogP contribution in [0, 0.1) is 23.7 Å². The average Bonchev–Trinajstić information content (AvgIpc) is 2.54. The molecule has 23 heavy (non-hydrogen) atoms. The zero-order valence-electron chi connectivity index (χ0n) is 15.6. The molecule has 1 nitrogen and oxygen atoms in total. The molecular formula is C22H34O. The number of ketones is 1. The molecule has 0 bridgehead atoms. The molecule has 0 radical (unpaired) electrons. The number of carbonyl (C=O) groups is 1. The van der Waals surface area contributed by atoms with Gasteiger partial charge in [-0.2, -0.15) is 0 Å². The highest BCUT2D eigenvalue weighted by atomic mass is 16.1. The summed E-state index contributed by atoms with van der Waals surface area (Å²) in [5.41, 5.74) is 2.57. The molecule has 0 saturated heterocycles. The van der Waals surface area contributed by atoms with Crippen molar-refractivity contribution in [1.29, 1.82) is 0 Å². The summed E-state index contributed by atoms with van der Waals surface area (Å²) in [6, 6.07) is 8.74. The molecule has 0 aliphatic heterocycles. The first-order valence-corrected chi connectivity index (χ1v) is 9.53. The molecule has 1 aromatic rings. The minimum absolute atomic E-state index is 0.271. The number of hydrogen-bond donors (Lipinski definition) is 0. The molecule has 1 aromatic carbocycles. The van der Waals surface area contributed by atoms with Crippen molar-refractivity contribution in [1.82, 2.24) is 0 Å². The van der Waals surface area contributed by atoms with Crippen LogP contribution in [0.1, 0.15) is 77.3 Å². The molecule has 1 aliphatic rings. The SMILES string of the molecule is CCC(C)c1ccc(CC(=O)[C@@H]2C[C@H](C)CC[C@H]2C(C)C)cc1. The molecule has 1 heteroatoms. The van der Waals surface area contributed by atoms with Crippen molar-refractivity contribution < 1.29 is 4.79 Å². The van der Waals surface area contributed by atoms with Crippen molar-refractivity contribution in [3.05, 3.63) is 35.4 Å². The molecule has 4 atom stereocenters. The van der Waals surface area contributed by atoms with E-state index in [0.29, 0.717) is 35.9 Å². The van der Waals surface area contributed by atoms with Crippen molar-refractivity contribution in [3.63, 3.8) is 0 Å². The van der Waals surface area contributed by atoms with Crippen LogP contribution < -0.4 is 0 Å². The van der Waals surface area contributed by atoms with Crippen LogP contribution in [0.5, 0.6) is 0 Å². The molecule has 2 rings (SSSR count). The molecule has 128 valence electrons. The summed E-state index contributed by atoms with van der Waals surface area (Å²) in [5, 5.41) is 0. The highest BCUT2D eigenvalue weighted by Crippen LogP contribution is 2.39. The second-order valence-electron chi connectivity index (χ2n) is 8.13. The van der Waals surface area contributed by atoms with Crippen LogP contribution in [0.25, 0.3) is 0 Å². The summed E-state index contributed by atoms with van der Waals surface area (Å²) < 4.78 is 0. The average molecular weight is 315 g/mol. The van der Waals surface area contributed by atoms with Gasteiger partial charge in [-0.15, -0.1) is 0 Å². The number of hydrogen-bond acceptors (Lipinski definition) is 1. The lowest BCUT2D eigenvalue weighted by atomic mass is 9.68. The van der Waals surface area contributed by atoms with Gasteiger partial charge in [-0.05, 0) is 54.1 Å². The maximum atomic E-state index is 12.9. The van der Waals surface area contributed by atoms with Gasteiger partial charge in [0.05, 0.1) is 0 Å². The topological polar surface area (TPSA) is 17.1 Å². The lowest BCUT2D eigenvalue weighted by molar-refractivity contribution is -0.126. The van der Waals surface area contributed by atoms with Crippen molar-refractivity contribution in [2.24, 2.45) is 23.7 Å². The maximum Gasteiger partial charge on any atom is 0.140 e. The molecule has 0 amide bonds. The van der Waals surface area contributed by atoms with E-state index in [4.69, 9.17) is 0 Å². The quantitative estimate of drug-likeness (QED) is 0.627. The van der Waals surface area contributed by atoms with Crippen molar-refractivity contribution in [3.8, 4) is 0 Å². The number of carbonyl (C=O) groups excluding carboxylic acids is 1. The largest absolute Gasteiger partial charge is 0.299 e. The molecule has 1 unspecified atom stereocenters. The predicted molar refractivity (Wildman–Crippen MR) is 98.7 cm³/mol. The molecule has 1 aliphatic carbocycles. The summed E-state index contributed by atoms with van der Waals surface area (Å²) in [4.78, 5) is 12.9. The van der Waals surface area contributed by atoms with E-state index in [2.05, 4.69) is 58.9 Å². The van der Waals surface area contributed by atoms with Gasteiger partial charge in [0.15, 0.2) is 0 Å². The normalized spacial score (nSPS) is 26.3. The van der Waals surface area contributed by atoms with E-state index in [1.54, 1.807) is 0 Å². The van der Waals surface area contributed by atoms with E-state index >= 15 is 0 Å². The van der Waals surface area contributed by atoms with E-state index in [0.717, 1.165) is 12.8 Å². The smallest absolute Gasteiger partial charge is 0.140 e. The Morgan fingerprint density at radius 1 is 1.13 bits per heavy atom. The van der Waals surface area contributed by atoms with Crippen LogP contribution in [-0.2, 0) is 11.2 Å². The molecule has 0 spiro atoms. The zero-order valence-corrected chi connectivity index (χ0v) is 15.6. The van der Waals surface area contributed by atoms with Gasteiger partial charge in [0, 0.05) is 12.3 Å². The Balaban J connectivity index is 2.04. The highest BCUT2D eigenvalue weighted by molar-refractivity contribution is 5.83. The first kappa shape index (κ1) is 18.2. The van der Waals surface area contributed by atoms with Crippen molar-refractivity contribution in [2.75, 3.05) is 0 Å². The van der Waals surface area contributed by atoms with Gasteiger partial charge in [0.1, 0.15) is 5.78 Å². The van der Waals surface area contributed by atoms with Gasteiger partial charge in [-0.3, -0.25) is 4.79 Å². The van der Waals surface area contributed by atoms with Crippen molar-refractivity contribution in [2.45, 2.75) is 72.6 Å². The Kier molecular flexibility index (Phi) is 6.44. The Hall–Kier alpha value is -1.11. The summed E-state index contributed by atoms with van der Waals surface area (Å²) in [6.45, 7) is 11.3. The van der Waals surface area contributed by atoms with Crippen LogP contribution in [0.2, 0.25) is 0 Å². The minimum atomic E-state index is 0.271. The molecular weight excluding hydrogens is 280 g/mol. The van der Waals surface area contributed by atoms with Crippen molar-refractivity contribution >= 4 is 5.78 Å². The second-order valence-corrected chi connectivity index (χ2v) is 8.13. The van der Waals surface area contributed by atoms with E-state index in [9.17, 15) is 4.79 Å². The minimum Gasteiger partial charge on any atom is -0.299 e. The van der Waals surface area contributed by atoms with Gasteiger partial charge in [0.2, 0.25) is 0 Å². The standard InChI is InChI=1S/C22H34O/c1-6-17(5)19-10-8-18(9-11-19)14-22(23)21-13-16(4)7-12-20(21)15(2)3/h8-11,15-17,20-21H,6-7,12-14H2,1-5H3/t16-,17?,20+,21-/m1/s1. The third kappa shape index (κ3) is 4.68. The van der Waals surface area contributed by atoms with E-state index in [-0.39, 0.29) is 5.92 Å². The monoisotopic (exact) mass is 314 g/mol. The fraction of sp³-hybridized carbons (Fsp3) is 0.682. The van der Waals surface area contributed by atoms with E-state index in [1.165, 1.54) is 24.0 Å². The Bertz CT molecular complexity index is 499. The summed E-state index contributed by atoms with van der Waals surface area (Å²) in [5.74, 6) is 3.23. The first-order valence-electron chi connectivity index (χ1n) is 9.53. The fourth-order valence-electron chi connectivity index (χ4n) is 4.10. The first-order chi connectivity index (χ1) is 10.9. The molecule has 1 saturated carbocycles. The third-order valence-corrected chi connectivity index (χ3v) is 5.98. The number of benzene rings is 1. The lowest BCUT2D eigenvalue weighted by Gasteiger charge is -2.36. The van der Waals surface area contributed by atoms with Gasteiger partial charge < -0.3 is 0 Å². The lowest BCUT2D eigenvalue weighted by Crippen LogP contribution is -2.34. The summed E-state index contributed by atoms with van der Waals surface area (Å²) >= 11 is 0. The Morgan fingerprint density at radius 3 is 2.35 bits per heavy atom. The van der Waals surface area contributed by atoms with Gasteiger partial charge >= 0.3 is 0 Å². The molecule has 0 heterocycles. The van der Waals surface area contributed by atoms with Gasteiger partial charge in [-0.1, -0.05) is 65.3 Å². The fourth-order valence-corrected chi connectivity index (χ4v) is 4.10. The van der Waals surface area contributed by atoms with Crippen LogP contribution in [0.3, 0.4) is 0 Å². The Morgan fingerprint density at radius 2 is 1.78 bits per heavy atom.